The largest absolute Gasteiger partial charge is 0.416 e. The van der Waals surface area contributed by atoms with E-state index >= 15 is 0 Å². The molecular formula is C19H17F3N2O3. The van der Waals surface area contributed by atoms with Crippen LogP contribution < -0.4 is 5.43 Å². The molecule has 1 aliphatic heterocycles. The highest BCUT2D eigenvalue weighted by Gasteiger charge is 2.68. The van der Waals surface area contributed by atoms with Crippen LogP contribution in [0.25, 0.3) is 0 Å². The van der Waals surface area contributed by atoms with Gasteiger partial charge < -0.3 is 0 Å². The minimum Gasteiger partial charge on any atom is -0.272 e. The summed E-state index contributed by atoms with van der Waals surface area (Å²) in [5.74, 6) is -0.707. The third-order valence-corrected chi connectivity index (χ3v) is 6.83. The zero-order valence-electron chi connectivity index (χ0n) is 14.2. The Morgan fingerprint density at radius 3 is 1.93 bits per heavy atom. The molecule has 0 spiro atoms. The van der Waals surface area contributed by atoms with Gasteiger partial charge in [-0.3, -0.25) is 19.8 Å². The number of alkyl halides is 3. The van der Waals surface area contributed by atoms with Crippen LogP contribution in [-0.4, -0.2) is 22.7 Å². The molecule has 142 valence electrons. The number of nitrogens with one attached hydrogen (secondary N) is 1. The van der Waals surface area contributed by atoms with E-state index in [0.717, 1.165) is 48.5 Å². The Morgan fingerprint density at radius 1 is 0.926 bits per heavy atom. The second-order valence-corrected chi connectivity index (χ2v) is 8.05. The van der Waals surface area contributed by atoms with Crippen LogP contribution in [0.1, 0.15) is 35.2 Å². The summed E-state index contributed by atoms with van der Waals surface area (Å²) in [4.78, 5) is 38.0. The van der Waals surface area contributed by atoms with Crippen molar-refractivity contribution in [3.05, 3.63) is 35.4 Å². The molecular weight excluding hydrogens is 361 g/mol. The monoisotopic (exact) mass is 378 g/mol. The van der Waals surface area contributed by atoms with E-state index in [1.54, 1.807) is 0 Å². The number of rotatable bonds is 2. The van der Waals surface area contributed by atoms with E-state index in [0.29, 0.717) is 11.8 Å². The number of hydrogen-bond donors (Lipinski definition) is 1. The summed E-state index contributed by atoms with van der Waals surface area (Å²) in [7, 11) is 0. The first-order valence-electron chi connectivity index (χ1n) is 9.13. The predicted molar refractivity (Wildman–Crippen MR) is 85.6 cm³/mol. The molecule has 0 radical (unpaired) electrons. The van der Waals surface area contributed by atoms with Crippen LogP contribution in [0.2, 0.25) is 0 Å². The molecule has 5 aliphatic rings. The molecule has 1 saturated heterocycles. The van der Waals surface area contributed by atoms with Gasteiger partial charge >= 0.3 is 6.18 Å². The van der Waals surface area contributed by atoms with Crippen molar-refractivity contribution >= 4 is 17.7 Å². The highest BCUT2D eigenvalue weighted by atomic mass is 19.4. The normalized spacial score (nSPS) is 36.5. The smallest absolute Gasteiger partial charge is 0.272 e. The molecule has 2 unspecified atom stereocenters. The fourth-order valence-electron chi connectivity index (χ4n) is 5.62. The van der Waals surface area contributed by atoms with Crippen LogP contribution in [0, 0.1) is 35.5 Å². The number of benzene rings is 1. The minimum absolute atomic E-state index is 0.0377. The van der Waals surface area contributed by atoms with Crippen LogP contribution in [0.4, 0.5) is 13.2 Å². The number of nitrogens with zero attached hydrogens (tertiary/aromatic N) is 1. The van der Waals surface area contributed by atoms with Crippen molar-refractivity contribution in [1.29, 1.82) is 0 Å². The molecule has 1 heterocycles. The van der Waals surface area contributed by atoms with Crippen molar-refractivity contribution in [2.75, 3.05) is 0 Å². The molecule has 3 amide bonds. The van der Waals surface area contributed by atoms with Gasteiger partial charge in [0.2, 0.25) is 0 Å². The highest BCUT2D eigenvalue weighted by Crippen LogP contribution is 2.67. The van der Waals surface area contributed by atoms with E-state index in [2.05, 4.69) is 5.43 Å². The maximum atomic E-state index is 12.8. The first kappa shape index (κ1) is 16.8. The van der Waals surface area contributed by atoms with Crippen LogP contribution in [0.5, 0.6) is 0 Å². The van der Waals surface area contributed by atoms with E-state index in [-0.39, 0.29) is 41.0 Å². The molecule has 0 aromatic heterocycles. The van der Waals surface area contributed by atoms with E-state index in [1.807, 2.05) is 0 Å². The van der Waals surface area contributed by atoms with Gasteiger partial charge in [0.25, 0.3) is 17.7 Å². The Morgan fingerprint density at radius 2 is 1.44 bits per heavy atom. The Labute approximate surface area is 152 Å². The van der Waals surface area contributed by atoms with Crippen LogP contribution in [0.3, 0.4) is 0 Å². The van der Waals surface area contributed by atoms with E-state index in [1.165, 1.54) is 0 Å². The summed E-state index contributed by atoms with van der Waals surface area (Å²) in [5, 5.41) is 0.811. The average Bonchev–Trinajstić information content (AvgIpc) is 3.42. The number of hydrazine groups is 1. The van der Waals surface area contributed by atoms with Gasteiger partial charge in [0.1, 0.15) is 0 Å². The van der Waals surface area contributed by atoms with Gasteiger partial charge in [-0.2, -0.15) is 18.2 Å². The number of carbonyl (C=O) groups excluding carboxylic acids is 3. The third-order valence-electron chi connectivity index (χ3n) is 6.83. The lowest BCUT2D eigenvalue weighted by Gasteiger charge is -2.42. The average molecular weight is 378 g/mol. The zero-order chi connectivity index (χ0) is 19.1. The lowest BCUT2D eigenvalue weighted by Crippen LogP contribution is -2.46. The van der Waals surface area contributed by atoms with Crippen molar-refractivity contribution < 1.29 is 27.6 Å². The molecule has 6 atom stereocenters. The summed E-state index contributed by atoms with van der Waals surface area (Å²) in [5.41, 5.74) is 1.42. The van der Waals surface area contributed by atoms with Gasteiger partial charge in [0.15, 0.2) is 0 Å². The second kappa shape index (κ2) is 5.33. The highest BCUT2D eigenvalue weighted by molar-refractivity contribution is 6.08. The molecule has 4 aliphatic carbocycles. The Balaban J connectivity index is 1.35. The van der Waals surface area contributed by atoms with Crippen LogP contribution in [0.15, 0.2) is 24.3 Å². The van der Waals surface area contributed by atoms with Gasteiger partial charge in [-0.25, -0.2) is 0 Å². The number of halogens is 3. The molecule has 5 fully saturated rings. The summed E-state index contributed by atoms with van der Waals surface area (Å²) >= 11 is 0. The molecule has 8 heteroatoms. The first-order chi connectivity index (χ1) is 12.8. The van der Waals surface area contributed by atoms with Crippen LogP contribution in [-0.2, 0) is 15.8 Å². The molecule has 1 aromatic rings. The van der Waals surface area contributed by atoms with E-state index in [9.17, 15) is 27.6 Å². The second-order valence-electron chi connectivity index (χ2n) is 8.05. The number of fused-ring (bicyclic) bond motifs is 1. The SMILES string of the molecule is O=C(NN1C(=O)[C@@H]2C3CCC([C@H]4C[C@@H]34)[C@@H]2C1=O)c1ccc(C(F)(F)F)cc1. The summed E-state index contributed by atoms with van der Waals surface area (Å²) in [6, 6.07) is 3.68. The van der Waals surface area contributed by atoms with E-state index < -0.39 is 17.6 Å². The fourth-order valence-corrected chi connectivity index (χ4v) is 5.62. The van der Waals surface area contributed by atoms with Gasteiger partial charge in [0.05, 0.1) is 17.4 Å². The number of imide groups is 1. The lowest BCUT2D eigenvalue weighted by atomic mass is 9.59. The van der Waals surface area contributed by atoms with Crippen molar-refractivity contribution in [2.24, 2.45) is 35.5 Å². The van der Waals surface area contributed by atoms with Crippen molar-refractivity contribution in [2.45, 2.75) is 25.4 Å². The third kappa shape index (κ3) is 2.34. The standard InChI is InChI=1S/C19H17F3N2O3/c20-19(21,22)9-3-1-8(2-4-9)16(25)23-24-17(26)14-10-5-6-11(13-7-12(10)13)15(14)18(24)27/h1-4,10-15H,5-7H2,(H,23,25)/t10?,11?,12-,13+,14+,15-. The quantitative estimate of drug-likeness (QED) is 0.805. The molecule has 6 rings (SSSR count). The summed E-state index contributed by atoms with van der Waals surface area (Å²) in [6.45, 7) is 0. The van der Waals surface area contributed by atoms with E-state index in [4.69, 9.17) is 0 Å². The first-order valence-corrected chi connectivity index (χ1v) is 9.13. The fraction of sp³-hybridized carbons (Fsp3) is 0.526. The molecule has 1 N–H and O–H groups in total. The predicted octanol–water partition coefficient (Wildman–Crippen LogP) is 2.63. The van der Waals surface area contributed by atoms with Crippen molar-refractivity contribution in [3.63, 3.8) is 0 Å². The summed E-state index contributed by atoms with van der Waals surface area (Å²) < 4.78 is 37.9. The van der Waals surface area contributed by atoms with Gasteiger partial charge in [-0.1, -0.05) is 0 Å². The maximum absolute atomic E-state index is 12.8. The van der Waals surface area contributed by atoms with Crippen LogP contribution >= 0.6 is 0 Å². The van der Waals surface area contributed by atoms with Gasteiger partial charge in [-0.15, -0.1) is 0 Å². The zero-order valence-corrected chi connectivity index (χ0v) is 14.2. The minimum atomic E-state index is -4.49. The molecule has 4 saturated carbocycles. The lowest BCUT2D eigenvalue weighted by molar-refractivity contribution is -0.143. The number of carbonyl (C=O) groups is 3. The maximum Gasteiger partial charge on any atom is 0.416 e. The van der Waals surface area contributed by atoms with Gasteiger partial charge in [-0.05, 0) is 67.2 Å². The number of hydrogen-bond acceptors (Lipinski definition) is 3. The Kier molecular flexibility index (Phi) is 3.31. The Hall–Kier alpha value is -2.38. The van der Waals surface area contributed by atoms with Crippen molar-refractivity contribution in [1.82, 2.24) is 10.4 Å². The molecule has 2 bridgehead atoms. The number of amides is 3. The Bertz CT molecular complexity index is 817. The molecule has 5 nitrogen and oxygen atoms in total. The molecule has 27 heavy (non-hydrogen) atoms. The topological polar surface area (TPSA) is 66.5 Å². The van der Waals surface area contributed by atoms with Gasteiger partial charge in [0, 0.05) is 5.56 Å². The van der Waals surface area contributed by atoms with Crippen molar-refractivity contribution in [3.8, 4) is 0 Å². The summed E-state index contributed by atoms with van der Waals surface area (Å²) in [6.07, 6.45) is -1.49. The molecule has 1 aromatic carbocycles.